The van der Waals surface area contributed by atoms with Gasteiger partial charge in [-0.2, -0.15) is 13.2 Å². The first-order chi connectivity index (χ1) is 22.5. The Morgan fingerprint density at radius 3 is 2.62 bits per heavy atom. The molecule has 4 aromatic rings. The molecule has 0 bridgehead atoms. The molecule has 2 fully saturated rings. The first-order valence-electron chi connectivity index (χ1n) is 15.2. The van der Waals surface area contributed by atoms with Crippen LogP contribution < -0.4 is 19.7 Å². The van der Waals surface area contributed by atoms with Gasteiger partial charge < -0.3 is 24.7 Å². The molecule has 0 spiro atoms. The van der Waals surface area contributed by atoms with E-state index in [-0.39, 0.29) is 34.8 Å². The number of carbonyl (C=O) groups is 1. The third-order valence-electron chi connectivity index (χ3n) is 8.79. The fraction of sp³-hybridized carbons (Fsp3) is 0.375. The van der Waals surface area contributed by atoms with Gasteiger partial charge in [-0.1, -0.05) is 23.7 Å². The zero-order valence-electron chi connectivity index (χ0n) is 25.2. The highest BCUT2D eigenvalue weighted by Gasteiger charge is 2.43. The molecule has 3 aliphatic rings. The van der Waals surface area contributed by atoms with Gasteiger partial charge in [0.2, 0.25) is 11.7 Å². The lowest BCUT2D eigenvalue weighted by atomic mass is 9.88. The summed E-state index contributed by atoms with van der Waals surface area (Å²) in [4.78, 5) is 23.2. The SMILES string of the molecule is C[C@]1(c2ccc(Cl)cc2F)Oc2cccc(C3CCN(Cc4ncc(-c5nnc(C(F)(F)F)[nH]5)cc4N4CCNC(=O)C4)CC3)c2O1. The molecule has 2 aromatic heterocycles. The number of carbonyl (C=O) groups excluding carboxylic acids is 1. The molecule has 2 aromatic carbocycles. The molecule has 1 atom stereocenters. The van der Waals surface area contributed by atoms with Crippen LogP contribution in [0.25, 0.3) is 11.4 Å². The number of rotatable bonds is 6. The molecule has 7 rings (SSSR count). The number of benzene rings is 2. The largest absolute Gasteiger partial charge is 0.451 e. The summed E-state index contributed by atoms with van der Waals surface area (Å²) in [6, 6.07) is 11.8. The molecule has 5 heterocycles. The number of alkyl halides is 3. The highest BCUT2D eigenvalue weighted by molar-refractivity contribution is 6.30. The number of hydrogen-bond acceptors (Lipinski definition) is 8. The maximum absolute atomic E-state index is 14.8. The average molecular weight is 672 g/mol. The first-order valence-corrected chi connectivity index (χ1v) is 15.5. The number of nitrogens with zero attached hydrogens (tertiary/aromatic N) is 5. The van der Waals surface area contributed by atoms with E-state index in [1.165, 1.54) is 12.3 Å². The van der Waals surface area contributed by atoms with E-state index >= 15 is 0 Å². The third kappa shape index (κ3) is 6.19. The van der Waals surface area contributed by atoms with Crippen LogP contribution in [0.2, 0.25) is 5.02 Å². The number of piperidine rings is 1. The quantitative estimate of drug-likeness (QED) is 0.254. The van der Waals surface area contributed by atoms with Gasteiger partial charge in [0.05, 0.1) is 23.5 Å². The number of aromatic nitrogens is 4. The fourth-order valence-corrected chi connectivity index (χ4v) is 6.58. The standard InChI is InChI=1S/C32H30ClF4N7O3/c1-31(22-6-5-20(33)14-23(22)34)46-26-4-2-3-21(28(26)47-31)18-7-10-43(11-8-18)16-24-25(44-12-9-38-27(45)17-44)13-19(15-39-24)29-40-30(42-41-29)32(35,36)37/h2-6,13-15,18H,7-12,16-17H2,1H3,(H,38,45)(H,40,41,42)/t31-/m0/s1. The molecule has 10 nitrogen and oxygen atoms in total. The molecule has 1 amide bonds. The summed E-state index contributed by atoms with van der Waals surface area (Å²) >= 11 is 5.96. The molecule has 15 heteroatoms. The Bertz CT molecular complexity index is 1830. The molecule has 3 aliphatic heterocycles. The van der Waals surface area contributed by atoms with Gasteiger partial charge >= 0.3 is 6.18 Å². The van der Waals surface area contributed by atoms with Gasteiger partial charge in [-0.25, -0.2) is 4.39 Å². The van der Waals surface area contributed by atoms with Gasteiger partial charge in [0.25, 0.3) is 5.79 Å². The molecule has 0 saturated carbocycles. The second kappa shape index (κ2) is 12.0. The number of aromatic amines is 1. The first kappa shape index (κ1) is 31.2. The van der Waals surface area contributed by atoms with Crippen molar-refractivity contribution in [3.05, 3.63) is 82.1 Å². The number of likely N-dealkylation sites (tertiary alicyclic amines) is 1. The van der Waals surface area contributed by atoms with Crippen molar-refractivity contribution in [3.63, 3.8) is 0 Å². The van der Waals surface area contributed by atoms with Gasteiger partial charge in [-0.05, 0) is 62.2 Å². The summed E-state index contributed by atoms with van der Waals surface area (Å²) in [5.41, 5.74) is 2.94. The fourth-order valence-electron chi connectivity index (χ4n) is 6.42. The Morgan fingerprint density at radius 1 is 1.09 bits per heavy atom. The van der Waals surface area contributed by atoms with Crippen LogP contribution in [0, 0.1) is 5.82 Å². The van der Waals surface area contributed by atoms with E-state index in [9.17, 15) is 22.4 Å². The summed E-state index contributed by atoms with van der Waals surface area (Å²) in [5.74, 6) is -1.94. The van der Waals surface area contributed by atoms with Crippen LogP contribution in [0.15, 0.2) is 48.7 Å². The molecule has 2 N–H and O–H groups in total. The number of para-hydroxylation sites is 1. The van der Waals surface area contributed by atoms with Crippen LogP contribution >= 0.6 is 11.6 Å². The molecule has 0 unspecified atom stereocenters. The van der Waals surface area contributed by atoms with E-state index in [0.29, 0.717) is 48.1 Å². The van der Waals surface area contributed by atoms with E-state index in [4.69, 9.17) is 21.1 Å². The number of amides is 1. The summed E-state index contributed by atoms with van der Waals surface area (Å²) in [7, 11) is 0. The second-order valence-electron chi connectivity index (χ2n) is 12.0. The zero-order valence-corrected chi connectivity index (χ0v) is 26.0. The number of anilines is 1. The van der Waals surface area contributed by atoms with E-state index in [0.717, 1.165) is 31.5 Å². The van der Waals surface area contributed by atoms with Crippen LogP contribution in [-0.2, 0) is 23.3 Å². The molecule has 0 radical (unpaired) electrons. The average Bonchev–Trinajstić information content (AvgIpc) is 3.67. The van der Waals surface area contributed by atoms with Gasteiger partial charge in [-0.15, -0.1) is 10.2 Å². The topological polar surface area (TPSA) is 109 Å². The molecule has 2 saturated heterocycles. The highest BCUT2D eigenvalue weighted by Crippen LogP contribution is 2.50. The predicted octanol–water partition coefficient (Wildman–Crippen LogP) is 5.64. The molecular formula is C32H30ClF4N7O3. The lowest BCUT2D eigenvalue weighted by Crippen LogP contribution is -2.48. The number of hydrogen-bond donors (Lipinski definition) is 2. The van der Waals surface area contributed by atoms with Crippen molar-refractivity contribution >= 4 is 23.2 Å². The maximum atomic E-state index is 14.8. The number of halogens is 5. The van der Waals surface area contributed by atoms with Crippen molar-refractivity contribution < 1.29 is 31.8 Å². The smallest absolute Gasteiger partial charge is 0.444 e. The number of fused-ring (bicyclic) bond motifs is 1. The van der Waals surface area contributed by atoms with E-state index in [1.54, 1.807) is 25.1 Å². The number of H-pyrrole nitrogens is 1. The number of ether oxygens (including phenoxy) is 2. The number of pyridine rings is 1. The molecular weight excluding hydrogens is 642 g/mol. The Morgan fingerprint density at radius 2 is 1.89 bits per heavy atom. The van der Waals surface area contributed by atoms with Gasteiger partial charge in [0, 0.05) is 48.9 Å². The summed E-state index contributed by atoms with van der Waals surface area (Å²) in [6.07, 6.45) is -1.57. The van der Waals surface area contributed by atoms with Crippen molar-refractivity contribution in [3.8, 4) is 22.9 Å². The third-order valence-corrected chi connectivity index (χ3v) is 9.02. The molecule has 0 aliphatic carbocycles. The van der Waals surface area contributed by atoms with Gasteiger partial charge in [0.1, 0.15) is 5.82 Å². The number of piperazine rings is 1. The van der Waals surface area contributed by atoms with Crippen LogP contribution in [0.4, 0.5) is 23.2 Å². The van der Waals surface area contributed by atoms with Gasteiger partial charge in [-0.3, -0.25) is 14.7 Å². The van der Waals surface area contributed by atoms with Gasteiger partial charge in [0.15, 0.2) is 17.3 Å². The minimum absolute atomic E-state index is 0.0589. The maximum Gasteiger partial charge on any atom is 0.451 e. The summed E-state index contributed by atoms with van der Waals surface area (Å²) < 4.78 is 66.8. The Kier molecular flexibility index (Phi) is 7.95. The minimum Gasteiger partial charge on any atom is -0.444 e. The monoisotopic (exact) mass is 671 g/mol. The Hall–Kier alpha value is -4.43. The molecule has 47 heavy (non-hydrogen) atoms. The Balaban J connectivity index is 1.08. The van der Waals surface area contributed by atoms with Crippen LogP contribution in [-0.4, -0.2) is 63.7 Å². The van der Waals surface area contributed by atoms with Crippen LogP contribution in [0.5, 0.6) is 11.5 Å². The van der Waals surface area contributed by atoms with E-state index in [1.807, 2.05) is 23.1 Å². The van der Waals surface area contributed by atoms with E-state index < -0.39 is 23.6 Å². The van der Waals surface area contributed by atoms with Crippen molar-refractivity contribution in [2.45, 2.75) is 44.2 Å². The second-order valence-corrected chi connectivity index (χ2v) is 12.4. The van der Waals surface area contributed by atoms with Crippen LogP contribution in [0.3, 0.4) is 0 Å². The van der Waals surface area contributed by atoms with Crippen molar-refractivity contribution in [2.75, 3.05) is 37.6 Å². The van der Waals surface area contributed by atoms with Crippen molar-refractivity contribution in [2.24, 2.45) is 0 Å². The minimum atomic E-state index is -4.66. The summed E-state index contributed by atoms with van der Waals surface area (Å²) in [5, 5.41) is 10.00. The lowest BCUT2D eigenvalue weighted by Gasteiger charge is -2.34. The summed E-state index contributed by atoms with van der Waals surface area (Å²) in [6.45, 7) is 4.69. The zero-order chi connectivity index (χ0) is 32.9. The normalized spacial score (nSPS) is 20.5. The predicted molar refractivity (Wildman–Crippen MR) is 164 cm³/mol. The Labute approximate surface area is 272 Å². The highest BCUT2D eigenvalue weighted by atomic mass is 35.5. The van der Waals surface area contributed by atoms with E-state index in [2.05, 4.69) is 30.4 Å². The number of nitrogens with one attached hydrogen (secondary N) is 2. The van der Waals surface area contributed by atoms with Crippen molar-refractivity contribution in [1.29, 1.82) is 0 Å². The molecule has 246 valence electrons. The van der Waals surface area contributed by atoms with Crippen LogP contribution in [0.1, 0.15) is 48.3 Å². The van der Waals surface area contributed by atoms with Crippen molar-refractivity contribution in [1.82, 2.24) is 30.4 Å². The lowest BCUT2D eigenvalue weighted by molar-refractivity contribution is -0.144.